The molecule has 0 saturated carbocycles. The van der Waals surface area contributed by atoms with Crippen molar-refractivity contribution in [3.63, 3.8) is 0 Å². The molecular formula is C16H14N2. The van der Waals surface area contributed by atoms with Crippen LogP contribution in [-0.4, -0.2) is 12.0 Å². The predicted molar refractivity (Wildman–Crippen MR) is 76.7 cm³/mol. The van der Waals surface area contributed by atoms with E-state index in [4.69, 9.17) is 0 Å². The van der Waals surface area contributed by atoms with E-state index >= 15 is 0 Å². The number of fused-ring (bicyclic) bond motifs is 1. The second-order valence-corrected chi connectivity index (χ2v) is 4.18. The highest BCUT2D eigenvalue weighted by Gasteiger charge is 2.07. The van der Waals surface area contributed by atoms with Crippen molar-refractivity contribution in [1.29, 1.82) is 0 Å². The van der Waals surface area contributed by atoms with Gasteiger partial charge in [0.25, 0.3) is 0 Å². The number of aromatic nitrogens is 1. The van der Waals surface area contributed by atoms with Gasteiger partial charge in [0.05, 0.1) is 5.52 Å². The fraction of sp³-hybridized carbons (Fsp3) is 0.0625. The zero-order valence-electron chi connectivity index (χ0n) is 10.2. The Balaban J connectivity index is 2.32. The van der Waals surface area contributed by atoms with E-state index in [1.807, 2.05) is 25.4 Å². The molecule has 3 rings (SSSR count). The van der Waals surface area contributed by atoms with E-state index in [1.165, 1.54) is 10.9 Å². The Bertz CT molecular complexity index is 684. The molecule has 0 bridgehead atoms. The average molecular weight is 234 g/mol. The maximum absolute atomic E-state index is 4.51. The van der Waals surface area contributed by atoms with Gasteiger partial charge in [-0.05, 0) is 12.1 Å². The predicted octanol–water partition coefficient (Wildman–Crippen LogP) is 3.94. The lowest BCUT2D eigenvalue weighted by molar-refractivity contribution is 1.41. The first kappa shape index (κ1) is 10.8. The summed E-state index contributed by atoms with van der Waals surface area (Å²) in [6.45, 7) is 0. The van der Waals surface area contributed by atoms with Gasteiger partial charge in [-0.2, -0.15) is 0 Å². The average Bonchev–Trinajstić information content (AvgIpc) is 2.46. The fourth-order valence-corrected chi connectivity index (χ4v) is 2.26. The van der Waals surface area contributed by atoms with Gasteiger partial charge in [0, 0.05) is 35.4 Å². The molecule has 2 aromatic carbocycles. The molecule has 1 aromatic heterocycles. The van der Waals surface area contributed by atoms with Crippen LogP contribution in [0.2, 0.25) is 0 Å². The molecule has 18 heavy (non-hydrogen) atoms. The number of nitrogens with one attached hydrogen (secondary N) is 1. The SMILES string of the molecule is CNc1ccccc1-c1cccc2cccnc12. The third-order valence-electron chi connectivity index (χ3n) is 3.12. The lowest BCUT2D eigenvalue weighted by atomic mass is 10.0. The zero-order valence-corrected chi connectivity index (χ0v) is 10.2. The Hall–Kier alpha value is -2.35. The molecule has 1 N–H and O–H groups in total. The Labute approximate surface area is 106 Å². The van der Waals surface area contributed by atoms with Gasteiger partial charge >= 0.3 is 0 Å². The molecule has 0 radical (unpaired) electrons. The number of nitrogens with zero attached hydrogens (tertiary/aromatic N) is 1. The van der Waals surface area contributed by atoms with E-state index in [2.05, 4.69) is 52.8 Å². The van der Waals surface area contributed by atoms with Gasteiger partial charge in [-0.15, -0.1) is 0 Å². The summed E-state index contributed by atoms with van der Waals surface area (Å²) in [6.07, 6.45) is 1.84. The van der Waals surface area contributed by atoms with Crippen molar-refractivity contribution in [2.45, 2.75) is 0 Å². The summed E-state index contributed by atoms with van der Waals surface area (Å²) in [6, 6.07) is 18.6. The summed E-state index contributed by atoms with van der Waals surface area (Å²) in [5.41, 5.74) is 4.51. The fourth-order valence-electron chi connectivity index (χ4n) is 2.26. The minimum Gasteiger partial charge on any atom is -0.388 e. The summed E-state index contributed by atoms with van der Waals surface area (Å²) in [7, 11) is 1.94. The first-order valence-electron chi connectivity index (χ1n) is 6.01. The Kier molecular flexibility index (Phi) is 2.69. The van der Waals surface area contributed by atoms with Gasteiger partial charge in [-0.3, -0.25) is 4.98 Å². The molecule has 0 aliphatic rings. The van der Waals surface area contributed by atoms with Gasteiger partial charge in [-0.1, -0.05) is 42.5 Å². The third-order valence-corrected chi connectivity index (χ3v) is 3.12. The molecule has 0 aliphatic heterocycles. The van der Waals surface area contributed by atoms with Crippen molar-refractivity contribution < 1.29 is 0 Å². The smallest absolute Gasteiger partial charge is 0.0781 e. The standard InChI is InChI=1S/C16H14N2/c1-17-15-10-3-2-8-13(15)14-9-4-6-12-7-5-11-18-16(12)14/h2-11,17H,1H3. The number of anilines is 1. The van der Waals surface area contributed by atoms with Gasteiger partial charge in [0.2, 0.25) is 0 Å². The van der Waals surface area contributed by atoms with E-state index < -0.39 is 0 Å². The summed E-state index contributed by atoms with van der Waals surface area (Å²) in [4.78, 5) is 4.51. The molecule has 2 heteroatoms. The minimum absolute atomic E-state index is 1.04. The largest absolute Gasteiger partial charge is 0.388 e. The van der Waals surface area contributed by atoms with Gasteiger partial charge < -0.3 is 5.32 Å². The molecular weight excluding hydrogens is 220 g/mol. The summed E-state index contributed by atoms with van der Waals surface area (Å²) >= 11 is 0. The molecule has 0 amide bonds. The number of benzene rings is 2. The molecule has 0 unspecified atom stereocenters. The number of hydrogen-bond donors (Lipinski definition) is 1. The summed E-state index contributed by atoms with van der Waals surface area (Å²) < 4.78 is 0. The number of hydrogen-bond acceptors (Lipinski definition) is 2. The van der Waals surface area contributed by atoms with Crippen LogP contribution in [0.3, 0.4) is 0 Å². The van der Waals surface area contributed by atoms with Crippen molar-refractivity contribution in [2.75, 3.05) is 12.4 Å². The van der Waals surface area contributed by atoms with Crippen molar-refractivity contribution in [1.82, 2.24) is 4.98 Å². The summed E-state index contributed by atoms with van der Waals surface area (Å²) in [5, 5.41) is 4.40. The first-order chi connectivity index (χ1) is 8.90. The third kappa shape index (κ3) is 1.72. The van der Waals surface area contributed by atoms with Crippen LogP contribution in [0.5, 0.6) is 0 Å². The Morgan fingerprint density at radius 3 is 2.50 bits per heavy atom. The minimum atomic E-state index is 1.04. The lowest BCUT2D eigenvalue weighted by Gasteiger charge is -2.10. The van der Waals surface area contributed by atoms with Crippen LogP contribution in [0.15, 0.2) is 60.8 Å². The molecule has 1 heterocycles. The van der Waals surface area contributed by atoms with E-state index in [9.17, 15) is 0 Å². The van der Waals surface area contributed by atoms with E-state index in [0.717, 1.165) is 16.8 Å². The van der Waals surface area contributed by atoms with Crippen LogP contribution in [-0.2, 0) is 0 Å². The maximum Gasteiger partial charge on any atom is 0.0781 e. The normalized spacial score (nSPS) is 10.5. The number of pyridine rings is 1. The topological polar surface area (TPSA) is 24.9 Å². The van der Waals surface area contributed by atoms with Gasteiger partial charge in [-0.25, -0.2) is 0 Å². The second kappa shape index (κ2) is 4.49. The lowest BCUT2D eigenvalue weighted by Crippen LogP contribution is -1.92. The van der Waals surface area contributed by atoms with E-state index in [1.54, 1.807) is 0 Å². The van der Waals surface area contributed by atoms with Crippen molar-refractivity contribution in [3.8, 4) is 11.1 Å². The molecule has 0 spiro atoms. The molecule has 0 saturated heterocycles. The number of rotatable bonds is 2. The monoisotopic (exact) mass is 234 g/mol. The maximum atomic E-state index is 4.51. The zero-order chi connectivity index (χ0) is 12.4. The van der Waals surface area contributed by atoms with Crippen LogP contribution in [0.25, 0.3) is 22.0 Å². The molecule has 2 nitrogen and oxygen atoms in total. The quantitative estimate of drug-likeness (QED) is 0.726. The van der Waals surface area contributed by atoms with Crippen LogP contribution < -0.4 is 5.32 Å². The highest BCUT2D eigenvalue weighted by atomic mass is 14.8. The summed E-state index contributed by atoms with van der Waals surface area (Å²) in [5.74, 6) is 0. The van der Waals surface area contributed by atoms with Crippen LogP contribution in [0.1, 0.15) is 0 Å². The van der Waals surface area contributed by atoms with Crippen LogP contribution in [0.4, 0.5) is 5.69 Å². The van der Waals surface area contributed by atoms with Gasteiger partial charge in [0.15, 0.2) is 0 Å². The molecule has 88 valence electrons. The number of para-hydroxylation sites is 2. The highest BCUT2D eigenvalue weighted by molar-refractivity contribution is 5.96. The molecule has 0 aliphatic carbocycles. The van der Waals surface area contributed by atoms with Crippen molar-refractivity contribution in [2.24, 2.45) is 0 Å². The van der Waals surface area contributed by atoms with Crippen molar-refractivity contribution in [3.05, 3.63) is 60.8 Å². The second-order valence-electron chi connectivity index (χ2n) is 4.18. The van der Waals surface area contributed by atoms with Crippen LogP contribution in [0, 0.1) is 0 Å². The van der Waals surface area contributed by atoms with Crippen LogP contribution >= 0.6 is 0 Å². The van der Waals surface area contributed by atoms with E-state index in [0.29, 0.717) is 0 Å². The first-order valence-corrected chi connectivity index (χ1v) is 6.01. The van der Waals surface area contributed by atoms with Gasteiger partial charge in [0.1, 0.15) is 0 Å². The van der Waals surface area contributed by atoms with Crippen molar-refractivity contribution >= 4 is 16.6 Å². The highest BCUT2D eigenvalue weighted by Crippen LogP contribution is 2.32. The Morgan fingerprint density at radius 1 is 0.833 bits per heavy atom. The molecule has 3 aromatic rings. The molecule has 0 atom stereocenters. The molecule has 0 fully saturated rings. The van der Waals surface area contributed by atoms with E-state index in [-0.39, 0.29) is 0 Å². The Morgan fingerprint density at radius 2 is 1.61 bits per heavy atom.